The molecule has 0 amide bonds. The molecule has 0 saturated carbocycles. The van der Waals surface area contributed by atoms with Gasteiger partial charge in [0.25, 0.3) is 0 Å². The minimum atomic E-state index is -0.762. The Labute approximate surface area is 425 Å². The van der Waals surface area contributed by atoms with Crippen LogP contribution in [0.3, 0.4) is 0 Å². The van der Waals surface area contributed by atoms with Gasteiger partial charge in [-0.1, -0.05) is 317 Å². The van der Waals surface area contributed by atoms with E-state index in [2.05, 4.69) is 27.7 Å². The van der Waals surface area contributed by atoms with E-state index in [1.807, 2.05) is 0 Å². The van der Waals surface area contributed by atoms with Crippen molar-refractivity contribution >= 4 is 17.9 Å². The predicted octanol–water partition coefficient (Wildman–Crippen LogP) is 20.6. The number of carbonyl (C=O) groups is 3. The first-order valence-corrected chi connectivity index (χ1v) is 30.9. The third-order valence-electron chi connectivity index (χ3n) is 14.7. The number of ether oxygens (including phenoxy) is 3. The summed E-state index contributed by atoms with van der Waals surface area (Å²) in [4.78, 5) is 38.2. The van der Waals surface area contributed by atoms with E-state index in [0.717, 1.165) is 63.7 Å². The first kappa shape index (κ1) is 66.4. The van der Waals surface area contributed by atoms with Crippen LogP contribution in [0.4, 0.5) is 0 Å². The van der Waals surface area contributed by atoms with Gasteiger partial charge in [-0.15, -0.1) is 0 Å². The second kappa shape index (κ2) is 56.3. The minimum Gasteiger partial charge on any atom is -0.462 e. The van der Waals surface area contributed by atoms with Gasteiger partial charge in [-0.2, -0.15) is 0 Å². The zero-order chi connectivity index (χ0) is 49.5. The molecule has 68 heavy (non-hydrogen) atoms. The normalized spacial score (nSPS) is 12.4. The van der Waals surface area contributed by atoms with Gasteiger partial charge in [-0.3, -0.25) is 14.4 Å². The lowest BCUT2D eigenvalue weighted by Gasteiger charge is -2.18. The van der Waals surface area contributed by atoms with Gasteiger partial charge < -0.3 is 14.2 Å². The van der Waals surface area contributed by atoms with E-state index in [0.29, 0.717) is 19.3 Å². The van der Waals surface area contributed by atoms with E-state index in [-0.39, 0.29) is 31.1 Å². The zero-order valence-corrected chi connectivity index (χ0v) is 46.6. The van der Waals surface area contributed by atoms with Gasteiger partial charge in [0, 0.05) is 19.3 Å². The molecule has 0 bridgehead atoms. The Hall–Kier alpha value is -1.59. The molecule has 0 N–H and O–H groups in total. The Morgan fingerprint density at radius 1 is 0.294 bits per heavy atom. The monoisotopic (exact) mass is 961 g/mol. The summed E-state index contributed by atoms with van der Waals surface area (Å²) >= 11 is 0. The molecule has 0 spiro atoms. The second-order valence-electron chi connectivity index (χ2n) is 21.6. The molecule has 6 nitrogen and oxygen atoms in total. The number of carbonyl (C=O) groups excluding carboxylic acids is 3. The van der Waals surface area contributed by atoms with Crippen LogP contribution in [0.15, 0.2) is 0 Å². The van der Waals surface area contributed by atoms with Gasteiger partial charge in [-0.25, -0.2) is 0 Å². The topological polar surface area (TPSA) is 78.9 Å². The van der Waals surface area contributed by atoms with E-state index in [1.165, 1.54) is 250 Å². The first-order chi connectivity index (χ1) is 33.4. The highest BCUT2D eigenvalue weighted by Crippen LogP contribution is 2.19. The van der Waals surface area contributed by atoms with Crippen LogP contribution in [0.1, 0.15) is 355 Å². The van der Waals surface area contributed by atoms with Crippen molar-refractivity contribution in [2.45, 2.75) is 361 Å². The molecular formula is C62H120O6. The van der Waals surface area contributed by atoms with Crippen LogP contribution in [0, 0.1) is 5.92 Å². The summed E-state index contributed by atoms with van der Waals surface area (Å²) in [6, 6.07) is 0. The Morgan fingerprint density at radius 2 is 0.515 bits per heavy atom. The van der Waals surface area contributed by atoms with Gasteiger partial charge >= 0.3 is 17.9 Å². The fourth-order valence-corrected chi connectivity index (χ4v) is 9.60. The van der Waals surface area contributed by atoms with Gasteiger partial charge in [0.15, 0.2) is 6.10 Å². The summed E-state index contributed by atoms with van der Waals surface area (Å²) in [5.41, 5.74) is 0. The van der Waals surface area contributed by atoms with E-state index in [4.69, 9.17) is 14.2 Å². The molecule has 2 atom stereocenters. The molecule has 6 heteroatoms. The average molecular weight is 962 g/mol. The molecule has 0 saturated heterocycles. The Bertz CT molecular complexity index is 1030. The second-order valence-corrected chi connectivity index (χ2v) is 21.6. The fraction of sp³-hybridized carbons (Fsp3) is 0.952. The van der Waals surface area contributed by atoms with Crippen molar-refractivity contribution < 1.29 is 28.6 Å². The van der Waals surface area contributed by atoms with Crippen molar-refractivity contribution in [3.05, 3.63) is 0 Å². The maximum atomic E-state index is 12.9. The maximum absolute atomic E-state index is 12.9. The number of unbranched alkanes of at least 4 members (excludes halogenated alkanes) is 43. The molecule has 0 aliphatic rings. The highest BCUT2D eigenvalue weighted by molar-refractivity contribution is 5.71. The van der Waals surface area contributed by atoms with Gasteiger partial charge in [-0.05, 0) is 25.2 Å². The lowest BCUT2D eigenvalue weighted by Crippen LogP contribution is -2.30. The third-order valence-corrected chi connectivity index (χ3v) is 14.7. The number of hydrogen-bond acceptors (Lipinski definition) is 6. The highest BCUT2D eigenvalue weighted by atomic mass is 16.6. The van der Waals surface area contributed by atoms with E-state index in [1.54, 1.807) is 0 Å². The van der Waals surface area contributed by atoms with Crippen molar-refractivity contribution in [2.75, 3.05) is 13.2 Å². The van der Waals surface area contributed by atoms with Crippen molar-refractivity contribution in [3.63, 3.8) is 0 Å². The molecule has 0 rings (SSSR count). The van der Waals surface area contributed by atoms with Crippen LogP contribution in [0.2, 0.25) is 0 Å². The minimum absolute atomic E-state index is 0.0614. The number of rotatable bonds is 57. The summed E-state index contributed by atoms with van der Waals surface area (Å²) in [5.74, 6) is 0.0658. The Balaban J connectivity index is 4.28. The van der Waals surface area contributed by atoms with Crippen molar-refractivity contribution in [2.24, 2.45) is 5.92 Å². The summed E-state index contributed by atoms with van der Waals surface area (Å²) in [5, 5.41) is 0. The van der Waals surface area contributed by atoms with Gasteiger partial charge in [0.1, 0.15) is 13.2 Å². The summed E-state index contributed by atoms with van der Waals surface area (Å²) in [6.45, 7) is 9.12. The SMILES string of the molecule is CCCCCCCCCCCCCCCCCCCCC(=O)O[C@H](COC(=O)CCCCCCCCCCCCCCCC)COC(=O)CCCCCCCCCCCCCCCCC(C)CC. The molecule has 0 aromatic carbocycles. The van der Waals surface area contributed by atoms with Gasteiger partial charge in [0.2, 0.25) is 0 Å². The maximum Gasteiger partial charge on any atom is 0.306 e. The fourth-order valence-electron chi connectivity index (χ4n) is 9.60. The molecule has 0 aromatic rings. The third kappa shape index (κ3) is 53.8. The highest BCUT2D eigenvalue weighted by Gasteiger charge is 2.19. The molecule has 0 aromatic heterocycles. The van der Waals surface area contributed by atoms with Crippen molar-refractivity contribution in [1.82, 2.24) is 0 Å². The van der Waals surface area contributed by atoms with Crippen LogP contribution in [0.25, 0.3) is 0 Å². The quantitative estimate of drug-likeness (QED) is 0.0343. The Morgan fingerprint density at radius 3 is 0.765 bits per heavy atom. The predicted molar refractivity (Wildman–Crippen MR) is 293 cm³/mol. The standard InChI is InChI=1S/C62H120O6/c1-5-8-10-12-14-16-18-20-22-23-24-25-31-35-39-43-47-51-55-62(65)68-59(56-66-60(63)53-49-45-41-37-33-29-21-19-17-15-13-11-9-6-2)57-67-61(64)54-50-46-42-38-34-30-27-26-28-32-36-40-44-48-52-58(4)7-3/h58-59H,5-57H2,1-4H3/t58?,59-/m1/s1. The van der Waals surface area contributed by atoms with Crippen LogP contribution in [-0.2, 0) is 28.6 Å². The lowest BCUT2D eigenvalue weighted by molar-refractivity contribution is -0.167. The smallest absolute Gasteiger partial charge is 0.306 e. The number of hydrogen-bond donors (Lipinski definition) is 0. The summed E-state index contributed by atoms with van der Waals surface area (Å²) < 4.78 is 16.9. The van der Waals surface area contributed by atoms with Crippen LogP contribution in [0.5, 0.6) is 0 Å². The van der Waals surface area contributed by atoms with Crippen molar-refractivity contribution in [1.29, 1.82) is 0 Å². The molecule has 0 fully saturated rings. The molecule has 0 heterocycles. The molecule has 0 aliphatic carbocycles. The van der Waals surface area contributed by atoms with Crippen molar-refractivity contribution in [3.8, 4) is 0 Å². The molecule has 0 radical (unpaired) electrons. The Kier molecular flexibility index (Phi) is 55.0. The van der Waals surface area contributed by atoms with E-state index >= 15 is 0 Å². The molecule has 1 unspecified atom stereocenters. The van der Waals surface area contributed by atoms with Crippen LogP contribution in [-0.4, -0.2) is 37.2 Å². The molecular weight excluding hydrogens is 841 g/mol. The van der Waals surface area contributed by atoms with E-state index < -0.39 is 6.10 Å². The lowest BCUT2D eigenvalue weighted by atomic mass is 9.99. The first-order valence-electron chi connectivity index (χ1n) is 30.9. The zero-order valence-electron chi connectivity index (χ0n) is 46.6. The van der Waals surface area contributed by atoms with Crippen LogP contribution >= 0.6 is 0 Å². The van der Waals surface area contributed by atoms with Crippen LogP contribution < -0.4 is 0 Å². The van der Waals surface area contributed by atoms with E-state index in [9.17, 15) is 14.4 Å². The molecule has 0 aliphatic heterocycles. The molecule has 404 valence electrons. The average Bonchev–Trinajstić information content (AvgIpc) is 3.34. The summed E-state index contributed by atoms with van der Waals surface area (Å²) in [6.07, 6.45) is 62.3. The number of esters is 3. The largest absolute Gasteiger partial charge is 0.462 e. The summed E-state index contributed by atoms with van der Waals surface area (Å²) in [7, 11) is 0. The van der Waals surface area contributed by atoms with Gasteiger partial charge in [0.05, 0.1) is 0 Å².